The van der Waals surface area contributed by atoms with Crippen LogP contribution >= 0.6 is 0 Å². The Morgan fingerprint density at radius 2 is 2.08 bits per heavy atom. The van der Waals surface area contributed by atoms with Crippen molar-refractivity contribution in [3.63, 3.8) is 0 Å². The smallest absolute Gasteiger partial charge is 0.193 e. The second kappa shape index (κ2) is 9.93. The van der Waals surface area contributed by atoms with Gasteiger partial charge in [0.05, 0.1) is 12.7 Å². The van der Waals surface area contributed by atoms with Crippen molar-refractivity contribution in [1.82, 2.24) is 10.2 Å². The predicted molar refractivity (Wildman–Crippen MR) is 105 cm³/mol. The van der Waals surface area contributed by atoms with E-state index in [4.69, 9.17) is 9.47 Å². The van der Waals surface area contributed by atoms with Crippen LogP contribution in [-0.4, -0.2) is 50.3 Å². The number of nitrogens with zero attached hydrogens (tertiary/aromatic N) is 2. The average molecular weight is 360 g/mol. The zero-order valence-corrected chi connectivity index (χ0v) is 16.2. The van der Waals surface area contributed by atoms with E-state index in [1.807, 2.05) is 7.05 Å². The highest BCUT2D eigenvalue weighted by Gasteiger charge is 2.19. The van der Waals surface area contributed by atoms with Gasteiger partial charge in [-0.25, -0.2) is 0 Å². The molecule has 0 radical (unpaired) electrons. The monoisotopic (exact) mass is 359 g/mol. The fraction of sp³-hybridized carbons (Fsp3) is 0.667. The lowest BCUT2D eigenvalue weighted by Gasteiger charge is -2.33. The van der Waals surface area contributed by atoms with E-state index >= 15 is 0 Å². The quantitative estimate of drug-likeness (QED) is 0.648. The van der Waals surface area contributed by atoms with Crippen LogP contribution in [0.25, 0.3) is 0 Å². The number of rotatable bonds is 5. The van der Waals surface area contributed by atoms with Crippen LogP contribution in [0.3, 0.4) is 0 Å². The zero-order chi connectivity index (χ0) is 18.2. The van der Waals surface area contributed by atoms with Crippen molar-refractivity contribution in [1.29, 1.82) is 0 Å². The molecule has 1 atom stereocenters. The number of nitrogens with one attached hydrogen (secondary N) is 1. The minimum absolute atomic E-state index is 0.338. The molecule has 26 heavy (non-hydrogen) atoms. The molecule has 0 saturated carbocycles. The Bertz CT molecular complexity index is 584. The number of hydrogen-bond donors (Lipinski definition) is 1. The van der Waals surface area contributed by atoms with Gasteiger partial charge in [-0.15, -0.1) is 0 Å². The van der Waals surface area contributed by atoms with Crippen LogP contribution in [0.4, 0.5) is 0 Å². The van der Waals surface area contributed by atoms with Gasteiger partial charge < -0.3 is 19.7 Å². The van der Waals surface area contributed by atoms with E-state index in [-0.39, 0.29) is 0 Å². The average Bonchev–Trinajstić information content (AvgIpc) is 2.68. The van der Waals surface area contributed by atoms with Crippen molar-refractivity contribution in [2.75, 3.05) is 33.4 Å². The van der Waals surface area contributed by atoms with E-state index in [1.165, 1.54) is 24.0 Å². The maximum atomic E-state index is 6.05. The van der Waals surface area contributed by atoms with Crippen LogP contribution in [-0.2, 0) is 22.6 Å². The van der Waals surface area contributed by atoms with Gasteiger partial charge in [0.2, 0.25) is 0 Å². The van der Waals surface area contributed by atoms with E-state index in [2.05, 4.69) is 46.4 Å². The fourth-order valence-corrected chi connectivity index (χ4v) is 3.78. The van der Waals surface area contributed by atoms with Gasteiger partial charge >= 0.3 is 0 Å². The molecule has 0 aliphatic carbocycles. The standard InChI is InChI=1S/C21H33N3O2/c1-17-5-4-10-24(15-17)21(22-2)23-14-18-6-3-7-19(13-18)16-26-20-8-11-25-12-9-20/h3,6-7,13,17,20H,4-5,8-12,14-16H2,1-2H3,(H,22,23). The number of hydrogen-bond acceptors (Lipinski definition) is 3. The molecule has 2 heterocycles. The van der Waals surface area contributed by atoms with E-state index in [9.17, 15) is 0 Å². The fourth-order valence-electron chi connectivity index (χ4n) is 3.78. The maximum absolute atomic E-state index is 6.05. The van der Waals surface area contributed by atoms with Crippen molar-refractivity contribution < 1.29 is 9.47 Å². The van der Waals surface area contributed by atoms with Crippen LogP contribution in [0.15, 0.2) is 29.3 Å². The van der Waals surface area contributed by atoms with E-state index in [0.717, 1.165) is 57.6 Å². The number of aliphatic imine (C=N–C) groups is 1. The summed E-state index contributed by atoms with van der Waals surface area (Å²) in [6, 6.07) is 8.66. The molecule has 5 heteroatoms. The molecule has 144 valence electrons. The number of likely N-dealkylation sites (tertiary alicyclic amines) is 1. The Labute approximate surface area is 157 Å². The number of guanidine groups is 1. The molecule has 1 aromatic carbocycles. The van der Waals surface area contributed by atoms with Gasteiger partial charge in [0.15, 0.2) is 5.96 Å². The van der Waals surface area contributed by atoms with Gasteiger partial charge in [0, 0.05) is 39.9 Å². The second-order valence-corrected chi connectivity index (χ2v) is 7.54. The number of benzene rings is 1. The van der Waals surface area contributed by atoms with E-state index in [0.29, 0.717) is 12.7 Å². The SMILES string of the molecule is CN=C(NCc1cccc(COC2CCOCC2)c1)N1CCCC(C)C1. The molecule has 2 aliphatic heterocycles. The lowest BCUT2D eigenvalue weighted by Crippen LogP contribution is -2.45. The summed E-state index contributed by atoms with van der Waals surface area (Å²) in [6.45, 7) is 7.63. The van der Waals surface area contributed by atoms with Gasteiger partial charge in [-0.2, -0.15) is 0 Å². The Morgan fingerprint density at radius 1 is 1.27 bits per heavy atom. The van der Waals surface area contributed by atoms with Crippen LogP contribution in [0.5, 0.6) is 0 Å². The third-order valence-corrected chi connectivity index (χ3v) is 5.26. The van der Waals surface area contributed by atoms with Crippen LogP contribution in [0.1, 0.15) is 43.7 Å². The highest BCUT2D eigenvalue weighted by molar-refractivity contribution is 5.80. The zero-order valence-electron chi connectivity index (χ0n) is 16.2. The Morgan fingerprint density at radius 3 is 2.85 bits per heavy atom. The Kier molecular flexibility index (Phi) is 7.32. The molecule has 1 aromatic rings. The van der Waals surface area contributed by atoms with Gasteiger partial charge in [0.1, 0.15) is 0 Å². The Balaban J connectivity index is 1.49. The number of ether oxygens (including phenoxy) is 2. The Hall–Kier alpha value is -1.59. The largest absolute Gasteiger partial charge is 0.381 e. The second-order valence-electron chi connectivity index (χ2n) is 7.54. The van der Waals surface area contributed by atoms with Crippen molar-refractivity contribution in [2.24, 2.45) is 10.9 Å². The van der Waals surface area contributed by atoms with Crippen molar-refractivity contribution in [2.45, 2.75) is 51.9 Å². The minimum atomic E-state index is 0.338. The predicted octanol–water partition coefficient (Wildman–Crippen LogP) is 3.19. The summed E-state index contributed by atoms with van der Waals surface area (Å²) < 4.78 is 11.4. The number of piperidine rings is 1. The summed E-state index contributed by atoms with van der Waals surface area (Å²) >= 11 is 0. The molecular weight excluding hydrogens is 326 g/mol. The van der Waals surface area contributed by atoms with Crippen LogP contribution < -0.4 is 5.32 Å². The lowest BCUT2D eigenvalue weighted by molar-refractivity contribution is -0.0390. The normalized spacial score (nSPS) is 22.5. The molecule has 2 saturated heterocycles. The molecule has 1 N–H and O–H groups in total. The van der Waals surface area contributed by atoms with Gasteiger partial charge in [-0.05, 0) is 42.7 Å². The minimum Gasteiger partial charge on any atom is -0.381 e. The lowest BCUT2D eigenvalue weighted by atomic mass is 10.0. The summed E-state index contributed by atoms with van der Waals surface area (Å²) in [5, 5.41) is 3.53. The summed E-state index contributed by atoms with van der Waals surface area (Å²) in [5.41, 5.74) is 2.50. The molecule has 3 rings (SSSR count). The summed E-state index contributed by atoms with van der Waals surface area (Å²) in [4.78, 5) is 6.86. The molecule has 0 aromatic heterocycles. The van der Waals surface area contributed by atoms with Crippen molar-refractivity contribution in [3.8, 4) is 0 Å². The summed E-state index contributed by atoms with van der Waals surface area (Å²) in [7, 11) is 1.87. The first-order valence-corrected chi connectivity index (χ1v) is 9.97. The van der Waals surface area contributed by atoms with Gasteiger partial charge in [-0.3, -0.25) is 4.99 Å². The van der Waals surface area contributed by atoms with Crippen molar-refractivity contribution in [3.05, 3.63) is 35.4 Å². The third-order valence-electron chi connectivity index (χ3n) is 5.26. The van der Waals surface area contributed by atoms with Gasteiger partial charge in [0.25, 0.3) is 0 Å². The molecule has 1 unspecified atom stereocenters. The summed E-state index contributed by atoms with van der Waals surface area (Å²) in [5.74, 6) is 1.76. The molecule has 2 fully saturated rings. The molecular formula is C21H33N3O2. The molecule has 0 bridgehead atoms. The van der Waals surface area contributed by atoms with E-state index in [1.54, 1.807) is 0 Å². The topological polar surface area (TPSA) is 46.1 Å². The molecule has 5 nitrogen and oxygen atoms in total. The molecule has 0 amide bonds. The van der Waals surface area contributed by atoms with Gasteiger partial charge in [-0.1, -0.05) is 31.2 Å². The maximum Gasteiger partial charge on any atom is 0.193 e. The first-order chi connectivity index (χ1) is 12.7. The highest BCUT2D eigenvalue weighted by Crippen LogP contribution is 2.16. The highest BCUT2D eigenvalue weighted by atomic mass is 16.5. The molecule has 2 aliphatic rings. The van der Waals surface area contributed by atoms with Crippen LogP contribution in [0, 0.1) is 5.92 Å². The van der Waals surface area contributed by atoms with Crippen LogP contribution in [0.2, 0.25) is 0 Å². The third kappa shape index (κ3) is 5.71. The van der Waals surface area contributed by atoms with Crippen molar-refractivity contribution >= 4 is 5.96 Å². The first-order valence-electron chi connectivity index (χ1n) is 9.97. The van der Waals surface area contributed by atoms with E-state index < -0.39 is 0 Å². The summed E-state index contributed by atoms with van der Waals surface area (Å²) in [6.07, 6.45) is 4.92. The first kappa shape index (κ1) is 19.2. The molecule has 0 spiro atoms.